The number of amides is 1. The Morgan fingerprint density at radius 2 is 1.70 bits per heavy atom. The number of rotatable bonds is 6. The quantitative estimate of drug-likeness (QED) is 0.486. The van der Waals surface area contributed by atoms with Crippen molar-refractivity contribution in [1.29, 1.82) is 0 Å². The molecule has 1 heterocycles. The highest BCUT2D eigenvalue weighted by atomic mass is 35.5. The molecule has 0 saturated heterocycles. The molecule has 3 aromatic carbocycles. The van der Waals surface area contributed by atoms with Gasteiger partial charge in [0, 0.05) is 21.2 Å². The van der Waals surface area contributed by atoms with E-state index in [0.717, 1.165) is 38.3 Å². The summed E-state index contributed by atoms with van der Waals surface area (Å²) in [5.74, 6) is 2.20. The van der Waals surface area contributed by atoms with E-state index in [2.05, 4.69) is 5.32 Å². The molecule has 0 unspecified atom stereocenters. The summed E-state index contributed by atoms with van der Waals surface area (Å²) < 4.78 is 11.2. The number of fused-ring (bicyclic) bond motifs is 1. The first-order chi connectivity index (χ1) is 14.6. The lowest BCUT2D eigenvalue weighted by molar-refractivity contribution is 0.0939. The molecule has 4 rings (SSSR count). The first kappa shape index (κ1) is 20.6. The zero-order valence-electron chi connectivity index (χ0n) is 16.6. The third-order valence-electron chi connectivity index (χ3n) is 4.85. The predicted molar refractivity (Wildman–Crippen MR) is 121 cm³/mol. The highest BCUT2D eigenvalue weighted by molar-refractivity contribution is 7.98. The Kier molecular flexibility index (Phi) is 6.50. The average Bonchev–Trinajstić information content (AvgIpc) is 2.78. The summed E-state index contributed by atoms with van der Waals surface area (Å²) in [6.07, 6.45) is 0. The molecule has 30 heavy (non-hydrogen) atoms. The molecule has 154 valence electrons. The van der Waals surface area contributed by atoms with Crippen LogP contribution in [0.2, 0.25) is 5.02 Å². The van der Waals surface area contributed by atoms with Gasteiger partial charge >= 0.3 is 0 Å². The van der Waals surface area contributed by atoms with Crippen LogP contribution < -0.4 is 14.8 Å². The van der Waals surface area contributed by atoms with Gasteiger partial charge in [-0.1, -0.05) is 29.8 Å². The summed E-state index contributed by atoms with van der Waals surface area (Å²) in [6, 6.07) is 21.1. The number of benzene rings is 3. The number of thioether (sulfide) groups is 1. The van der Waals surface area contributed by atoms with Gasteiger partial charge in [0.25, 0.3) is 5.91 Å². The molecule has 0 saturated carbocycles. The topological polar surface area (TPSA) is 47.6 Å². The SMILES string of the molecule is C[C@H](NC(=O)c1ccc(CSc2ccc(Cl)cc2)cc1)c1ccc2c(c1)OCCO2. The van der Waals surface area contributed by atoms with Crippen molar-refractivity contribution < 1.29 is 14.3 Å². The molecular weight excluding hydrogens is 418 g/mol. The standard InChI is InChI=1S/C24H22ClNO3S/c1-16(19-6-11-22-23(14-19)29-13-12-28-22)26-24(27)18-4-2-17(3-5-18)15-30-21-9-7-20(25)8-10-21/h2-11,14,16H,12-13,15H2,1H3,(H,26,27)/t16-/m0/s1. The summed E-state index contributed by atoms with van der Waals surface area (Å²) in [6.45, 7) is 3.06. The second-order valence-electron chi connectivity index (χ2n) is 7.04. The molecule has 1 N–H and O–H groups in total. The largest absolute Gasteiger partial charge is 0.486 e. The molecule has 6 heteroatoms. The van der Waals surface area contributed by atoms with Crippen LogP contribution in [0.25, 0.3) is 0 Å². The third-order valence-corrected chi connectivity index (χ3v) is 6.18. The maximum absolute atomic E-state index is 12.7. The minimum absolute atomic E-state index is 0.103. The van der Waals surface area contributed by atoms with Crippen molar-refractivity contribution >= 4 is 29.3 Å². The fraction of sp³-hybridized carbons (Fsp3) is 0.208. The minimum atomic E-state index is -0.145. The molecule has 1 atom stereocenters. The highest BCUT2D eigenvalue weighted by Crippen LogP contribution is 2.32. The van der Waals surface area contributed by atoms with E-state index in [9.17, 15) is 4.79 Å². The van der Waals surface area contributed by atoms with Gasteiger partial charge in [-0.05, 0) is 66.6 Å². The Labute approximate surface area is 185 Å². The van der Waals surface area contributed by atoms with E-state index in [-0.39, 0.29) is 11.9 Å². The maximum atomic E-state index is 12.7. The number of carbonyl (C=O) groups excluding carboxylic acids is 1. The van der Waals surface area contributed by atoms with Gasteiger partial charge in [0.05, 0.1) is 6.04 Å². The number of nitrogens with one attached hydrogen (secondary N) is 1. The maximum Gasteiger partial charge on any atom is 0.251 e. The fourth-order valence-corrected chi connectivity index (χ4v) is 4.12. The summed E-state index contributed by atoms with van der Waals surface area (Å²) >= 11 is 7.66. The molecule has 3 aromatic rings. The molecule has 0 aliphatic carbocycles. The van der Waals surface area contributed by atoms with Crippen molar-refractivity contribution in [1.82, 2.24) is 5.32 Å². The fourth-order valence-electron chi connectivity index (χ4n) is 3.14. The van der Waals surface area contributed by atoms with Gasteiger partial charge in [0.15, 0.2) is 11.5 Å². The Bertz CT molecular complexity index is 1020. The van der Waals surface area contributed by atoms with Crippen LogP contribution in [0.4, 0.5) is 0 Å². The molecule has 0 spiro atoms. The number of hydrogen-bond acceptors (Lipinski definition) is 4. The molecule has 1 amide bonds. The van der Waals surface area contributed by atoms with E-state index in [1.807, 2.05) is 73.7 Å². The van der Waals surface area contributed by atoms with Crippen LogP contribution in [0, 0.1) is 0 Å². The number of halogens is 1. The van der Waals surface area contributed by atoms with Crippen molar-refractivity contribution in [3.05, 3.63) is 88.4 Å². The van der Waals surface area contributed by atoms with Gasteiger partial charge in [-0.3, -0.25) is 4.79 Å². The van der Waals surface area contributed by atoms with Crippen molar-refractivity contribution in [2.45, 2.75) is 23.6 Å². The number of ether oxygens (including phenoxy) is 2. The van der Waals surface area contributed by atoms with E-state index in [1.165, 1.54) is 0 Å². The van der Waals surface area contributed by atoms with Gasteiger partial charge in [0.1, 0.15) is 13.2 Å². The second-order valence-corrected chi connectivity index (χ2v) is 8.52. The average molecular weight is 440 g/mol. The Hall–Kier alpha value is -2.63. The second kappa shape index (κ2) is 9.45. The molecule has 1 aliphatic rings. The van der Waals surface area contributed by atoms with Crippen molar-refractivity contribution in [2.75, 3.05) is 13.2 Å². The monoisotopic (exact) mass is 439 g/mol. The van der Waals surface area contributed by atoms with Crippen molar-refractivity contribution in [3.8, 4) is 11.5 Å². The smallest absolute Gasteiger partial charge is 0.251 e. The highest BCUT2D eigenvalue weighted by Gasteiger charge is 2.16. The lowest BCUT2D eigenvalue weighted by Crippen LogP contribution is -2.26. The molecule has 0 fully saturated rings. The van der Waals surface area contributed by atoms with Gasteiger partial charge in [-0.25, -0.2) is 0 Å². The zero-order valence-corrected chi connectivity index (χ0v) is 18.1. The van der Waals surface area contributed by atoms with E-state index < -0.39 is 0 Å². The predicted octanol–water partition coefficient (Wildman–Crippen LogP) is 5.89. The Morgan fingerprint density at radius 3 is 2.43 bits per heavy atom. The summed E-state index contributed by atoms with van der Waals surface area (Å²) in [4.78, 5) is 13.8. The Morgan fingerprint density at radius 1 is 1.00 bits per heavy atom. The third kappa shape index (κ3) is 5.10. The van der Waals surface area contributed by atoms with Crippen LogP contribution in [-0.4, -0.2) is 19.1 Å². The number of hydrogen-bond donors (Lipinski definition) is 1. The van der Waals surface area contributed by atoms with Crippen LogP contribution in [0.3, 0.4) is 0 Å². The lowest BCUT2D eigenvalue weighted by Gasteiger charge is -2.21. The molecular formula is C24H22ClNO3S. The van der Waals surface area contributed by atoms with Crippen LogP contribution >= 0.6 is 23.4 Å². The molecule has 0 bridgehead atoms. The lowest BCUT2D eigenvalue weighted by atomic mass is 10.1. The van der Waals surface area contributed by atoms with Crippen LogP contribution in [0.15, 0.2) is 71.6 Å². The van der Waals surface area contributed by atoms with Crippen molar-refractivity contribution in [3.63, 3.8) is 0 Å². The molecule has 0 aromatic heterocycles. The first-order valence-corrected chi connectivity index (χ1v) is 11.1. The van der Waals surface area contributed by atoms with Crippen molar-refractivity contribution in [2.24, 2.45) is 0 Å². The Balaban J connectivity index is 1.34. The minimum Gasteiger partial charge on any atom is -0.486 e. The molecule has 1 aliphatic heterocycles. The van der Waals surface area contributed by atoms with Crippen LogP contribution in [-0.2, 0) is 5.75 Å². The molecule has 0 radical (unpaired) electrons. The van der Waals surface area contributed by atoms with Gasteiger partial charge in [-0.2, -0.15) is 0 Å². The van der Waals surface area contributed by atoms with Gasteiger partial charge in [-0.15, -0.1) is 11.8 Å². The van der Waals surface area contributed by atoms with E-state index >= 15 is 0 Å². The van der Waals surface area contributed by atoms with E-state index in [0.29, 0.717) is 18.8 Å². The molecule has 4 nitrogen and oxygen atoms in total. The van der Waals surface area contributed by atoms with E-state index in [4.69, 9.17) is 21.1 Å². The normalized spacial score (nSPS) is 13.5. The first-order valence-electron chi connectivity index (χ1n) is 9.76. The summed E-state index contributed by atoms with van der Waals surface area (Å²) in [7, 11) is 0. The van der Waals surface area contributed by atoms with Gasteiger partial charge in [0.2, 0.25) is 0 Å². The van der Waals surface area contributed by atoms with Crippen LogP contribution in [0.5, 0.6) is 11.5 Å². The zero-order chi connectivity index (χ0) is 20.9. The van der Waals surface area contributed by atoms with E-state index in [1.54, 1.807) is 11.8 Å². The number of carbonyl (C=O) groups is 1. The summed E-state index contributed by atoms with van der Waals surface area (Å²) in [5, 5.41) is 3.79. The van der Waals surface area contributed by atoms with Crippen LogP contribution in [0.1, 0.15) is 34.5 Å². The van der Waals surface area contributed by atoms with Gasteiger partial charge < -0.3 is 14.8 Å². The summed E-state index contributed by atoms with van der Waals surface area (Å²) in [5.41, 5.74) is 2.77.